The molecule has 5 nitrogen and oxygen atoms in total. The lowest BCUT2D eigenvalue weighted by atomic mass is 10.6. The Balaban J connectivity index is 4.09. The van der Waals surface area contributed by atoms with Crippen LogP contribution in [0.5, 0.6) is 0 Å². The zero-order valence-electron chi connectivity index (χ0n) is 10.5. The van der Waals surface area contributed by atoms with Crippen LogP contribution in [0.4, 0.5) is 0 Å². The number of sulfonamides is 1. The molecule has 0 heterocycles. The topological polar surface area (TPSA) is 58.6 Å². The molecule has 0 amide bonds. The van der Waals surface area contributed by atoms with Crippen molar-refractivity contribution in [3.05, 3.63) is 0 Å². The number of nitrogens with zero attached hydrogens (tertiary/aromatic N) is 1. The molecule has 0 bridgehead atoms. The minimum Gasteiger partial charge on any atom is -0.380 e. The average Bonchev–Trinajstić information content (AvgIpc) is 2.24. The van der Waals surface area contributed by atoms with E-state index in [-0.39, 0.29) is 5.75 Å². The van der Waals surface area contributed by atoms with Crippen molar-refractivity contribution in [3.63, 3.8) is 0 Å². The van der Waals surface area contributed by atoms with Gasteiger partial charge in [-0.1, -0.05) is 13.8 Å². The summed E-state index contributed by atoms with van der Waals surface area (Å²) in [6.07, 6.45) is 0. The highest BCUT2D eigenvalue weighted by Crippen LogP contribution is 2.00. The van der Waals surface area contributed by atoms with Crippen molar-refractivity contribution in [3.8, 4) is 0 Å². The van der Waals surface area contributed by atoms with E-state index in [9.17, 15) is 8.42 Å². The maximum Gasteiger partial charge on any atom is 0.215 e. The Morgan fingerprint density at radius 1 is 1.25 bits per heavy atom. The summed E-state index contributed by atoms with van der Waals surface area (Å²) in [6.45, 7) is 9.02. The van der Waals surface area contributed by atoms with Gasteiger partial charge in [0.1, 0.15) is 0 Å². The second kappa shape index (κ2) is 8.92. The lowest BCUT2D eigenvalue weighted by molar-refractivity contribution is 0.135. The first kappa shape index (κ1) is 15.8. The van der Waals surface area contributed by atoms with Gasteiger partial charge in [-0.15, -0.1) is 0 Å². The summed E-state index contributed by atoms with van der Waals surface area (Å²) in [7, 11) is -3.13. The number of rotatable bonds is 10. The normalized spacial score (nSPS) is 12.2. The highest BCUT2D eigenvalue weighted by Gasteiger charge is 2.19. The van der Waals surface area contributed by atoms with E-state index in [1.54, 1.807) is 0 Å². The molecule has 1 N–H and O–H groups in total. The molecule has 0 aliphatic rings. The van der Waals surface area contributed by atoms with Gasteiger partial charge in [-0.25, -0.2) is 8.42 Å². The van der Waals surface area contributed by atoms with Crippen molar-refractivity contribution in [2.45, 2.75) is 20.8 Å². The third kappa shape index (κ3) is 6.42. The Hall–Kier alpha value is -0.170. The van der Waals surface area contributed by atoms with Gasteiger partial charge in [0.2, 0.25) is 10.0 Å². The van der Waals surface area contributed by atoms with Crippen LogP contribution in [0.2, 0.25) is 0 Å². The molecule has 0 aromatic rings. The van der Waals surface area contributed by atoms with Gasteiger partial charge in [-0.2, -0.15) is 4.31 Å². The maximum absolute atomic E-state index is 11.9. The average molecular weight is 252 g/mol. The lowest BCUT2D eigenvalue weighted by Gasteiger charge is -2.20. The van der Waals surface area contributed by atoms with Gasteiger partial charge in [0.15, 0.2) is 0 Å². The standard InChI is InChI=1S/C10H24N2O3S/c1-4-11-7-10-16(13,14)12(5-2)8-9-15-6-3/h11H,4-10H2,1-3H3. The quantitative estimate of drug-likeness (QED) is 0.568. The van der Waals surface area contributed by atoms with E-state index >= 15 is 0 Å². The van der Waals surface area contributed by atoms with Crippen molar-refractivity contribution >= 4 is 10.0 Å². The summed E-state index contributed by atoms with van der Waals surface area (Å²) >= 11 is 0. The molecule has 6 heteroatoms. The molecule has 0 spiro atoms. The van der Waals surface area contributed by atoms with Crippen LogP contribution in [0.3, 0.4) is 0 Å². The van der Waals surface area contributed by atoms with E-state index in [0.29, 0.717) is 32.8 Å². The lowest BCUT2D eigenvalue weighted by Crippen LogP contribution is -2.38. The van der Waals surface area contributed by atoms with Crippen molar-refractivity contribution < 1.29 is 13.2 Å². The van der Waals surface area contributed by atoms with Gasteiger partial charge in [-0.3, -0.25) is 0 Å². The van der Waals surface area contributed by atoms with E-state index in [1.807, 2.05) is 20.8 Å². The molecular weight excluding hydrogens is 228 g/mol. The maximum atomic E-state index is 11.9. The molecule has 0 aromatic heterocycles. The summed E-state index contributed by atoms with van der Waals surface area (Å²) in [5.74, 6) is 0.154. The number of hydrogen-bond donors (Lipinski definition) is 1. The predicted molar refractivity (Wildman–Crippen MR) is 66.1 cm³/mol. The fraction of sp³-hybridized carbons (Fsp3) is 1.00. The first-order valence-electron chi connectivity index (χ1n) is 5.84. The highest BCUT2D eigenvalue weighted by atomic mass is 32.2. The van der Waals surface area contributed by atoms with Gasteiger partial charge >= 0.3 is 0 Å². The van der Waals surface area contributed by atoms with E-state index in [1.165, 1.54) is 4.31 Å². The fourth-order valence-corrected chi connectivity index (χ4v) is 2.72. The van der Waals surface area contributed by atoms with Crippen LogP contribution in [0, 0.1) is 0 Å². The summed E-state index contributed by atoms with van der Waals surface area (Å²) in [5, 5.41) is 3.01. The van der Waals surface area contributed by atoms with Crippen LogP contribution >= 0.6 is 0 Å². The van der Waals surface area contributed by atoms with Crippen LogP contribution in [0.25, 0.3) is 0 Å². The van der Waals surface area contributed by atoms with Crippen LogP contribution in [-0.2, 0) is 14.8 Å². The Bertz CT molecular complexity index is 255. The molecule has 0 fully saturated rings. The molecule has 98 valence electrons. The highest BCUT2D eigenvalue weighted by molar-refractivity contribution is 7.89. The van der Waals surface area contributed by atoms with Gasteiger partial charge in [0.05, 0.1) is 12.4 Å². The van der Waals surface area contributed by atoms with E-state index in [4.69, 9.17) is 4.74 Å². The Morgan fingerprint density at radius 2 is 1.94 bits per heavy atom. The minimum absolute atomic E-state index is 0.154. The van der Waals surface area contributed by atoms with Crippen molar-refractivity contribution in [1.29, 1.82) is 0 Å². The smallest absolute Gasteiger partial charge is 0.215 e. The Labute approximate surface area is 99.2 Å². The van der Waals surface area contributed by atoms with E-state index < -0.39 is 10.0 Å². The first-order chi connectivity index (χ1) is 7.58. The van der Waals surface area contributed by atoms with Crippen LogP contribution in [0.15, 0.2) is 0 Å². The minimum atomic E-state index is -3.13. The molecule has 0 unspecified atom stereocenters. The van der Waals surface area contributed by atoms with Gasteiger partial charge in [0.25, 0.3) is 0 Å². The van der Waals surface area contributed by atoms with Crippen molar-refractivity contribution in [2.24, 2.45) is 0 Å². The second-order valence-corrected chi connectivity index (χ2v) is 5.45. The summed E-state index contributed by atoms with van der Waals surface area (Å²) in [6, 6.07) is 0. The van der Waals surface area contributed by atoms with Gasteiger partial charge in [0, 0.05) is 26.2 Å². The second-order valence-electron chi connectivity index (χ2n) is 3.36. The van der Waals surface area contributed by atoms with Gasteiger partial charge < -0.3 is 10.1 Å². The molecule has 0 saturated heterocycles. The Kier molecular flexibility index (Phi) is 8.83. The predicted octanol–water partition coefficient (Wildman–Crippen LogP) is 0.284. The van der Waals surface area contributed by atoms with E-state index in [0.717, 1.165) is 6.54 Å². The monoisotopic (exact) mass is 252 g/mol. The summed E-state index contributed by atoms with van der Waals surface area (Å²) < 4.78 is 30.4. The third-order valence-corrected chi connectivity index (χ3v) is 4.17. The molecule has 0 rings (SSSR count). The van der Waals surface area contributed by atoms with Crippen molar-refractivity contribution in [1.82, 2.24) is 9.62 Å². The zero-order chi connectivity index (χ0) is 12.4. The molecule has 0 radical (unpaired) electrons. The number of hydrogen-bond acceptors (Lipinski definition) is 4. The zero-order valence-corrected chi connectivity index (χ0v) is 11.3. The number of ether oxygens (including phenoxy) is 1. The SMILES string of the molecule is CCNCCS(=O)(=O)N(CC)CCOCC. The molecule has 0 aliphatic carbocycles. The molecule has 0 aromatic carbocycles. The van der Waals surface area contributed by atoms with Gasteiger partial charge in [-0.05, 0) is 13.5 Å². The first-order valence-corrected chi connectivity index (χ1v) is 7.45. The third-order valence-electron chi connectivity index (χ3n) is 2.22. The molecule has 0 saturated carbocycles. The fourth-order valence-electron chi connectivity index (χ4n) is 1.31. The molecule has 0 atom stereocenters. The Morgan fingerprint density at radius 3 is 2.44 bits per heavy atom. The number of likely N-dealkylation sites (N-methyl/N-ethyl adjacent to an activating group) is 1. The van der Waals surface area contributed by atoms with Crippen LogP contribution in [-0.4, -0.2) is 57.9 Å². The molecular formula is C10H24N2O3S. The summed E-state index contributed by atoms with van der Waals surface area (Å²) in [4.78, 5) is 0. The van der Waals surface area contributed by atoms with Crippen LogP contribution < -0.4 is 5.32 Å². The number of nitrogens with one attached hydrogen (secondary N) is 1. The van der Waals surface area contributed by atoms with E-state index in [2.05, 4.69) is 5.32 Å². The molecule has 0 aliphatic heterocycles. The summed E-state index contributed by atoms with van der Waals surface area (Å²) in [5.41, 5.74) is 0. The largest absolute Gasteiger partial charge is 0.380 e. The van der Waals surface area contributed by atoms with Crippen molar-refractivity contribution in [2.75, 3.05) is 45.1 Å². The molecule has 16 heavy (non-hydrogen) atoms. The van der Waals surface area contributed by atoms with Crippen LogP contribution in [0.1, 0.15) is 20.8 Å².